The summed E-state index contributed by atoms with van der Waals surface area (Å²) >= 11 is 3.33. The van der Waals surface area contributed by atoms with Gasteiger partial charge < -0.3 is 20.2 Å². The van der Waals surface area contributed by atoms with Gasteiger partial charge in [0.25, 0.3) is 0 Å². The fourth-order valence-electron chi connectivity index (χ4n) is 3.36. The molecule has 1 saturated carbocycles. The number of aliphatic carboxylic acids is 1. The minimum atomic E-state index is -5.08. The summed E-state index contributed by atoms with van der Waals surface area (Å²) in [7, 11) is 0. The van der Waals surface area contributed by atoms with Gasteiger partial charge in [-0.25, -0.2) is 9.78 Å². The molecule has 30 heavy (non-hydrogen) atoms. The third kappa shape index (κ3) is 5.14. The second-order valence-corrected chi connectivity index (χ2v) is 7.96. The Hall–Kier alpha value is -2.54. The van der Waals surface area contributed by atoms with Crippen molar-refractivity contribution in [2.24, 2.45) is 5.41 Å². The van der Waals surface area contributed by atoms with E-state index in [0.29, 0.717) is 22.4 Å². The largest absolute Gasteiger partial charge is 0.490 e. The van der Waals surface area contributed by atoms with Crippen LogP contribution in [0.5, 0.6) is 0 Å². The van der Waals surface area contributed by atoms with Gasteiger partial charge in [-0.15, -0.1) is 10.2 Å². The van der Waals surface area contributed by atoms with E-state index < -0.39 is 12.1 Å². The standard InChI is InChI=1S/C15H16BrN5O2.C2HF3O2/c1-8-2-3-11(16)19-13(8)20-14(22)9-4-15(5-10(15)18-9)6-12-21-17-7-23-12;3-2(4,5)1(6)7/h2-3,7,9-10,18H,4-6H2,1H3,(H,19,20,22);(H,6,7)/t9-,10+,15-;/m0./s1. The smallest absolute Gasteiger partial charge is 0.475 e. The van der Waals surface area contributed by atoms with Gasteiger partial charge in [-0.05, 0) is 52.7 Å². The van der Waals surface area contributed by atoms with Gasteiger partial charge in [-0.1, -0.05) is 6.07 Å². The first-order chi connectivity index (χ1) is 14.0. The van der Waals surface area contributed by atoms with E-state index in [1.165, 1.54) is 6.39 Å². The number of carboxylic acids is 1. The highest BCUT2D eigenvalue weighted by molar-refractivity contribution is 9.10. The zero-order valence-corrected chi connectivity index (χ0v) is 17.1. The molecular formula is C17H17BrF3N5O4. The number of anilines is 1. The highest BCUT2D eigenvalue weighted by Crippen LogP contribution is 2.56. The fraction of sp³-hybridized carbons (Fsp3) is 0.471. The van der Waals surface area contributed by atoms with Crippen LogP contribution >= 0.6 is 15.9 Å². The summed E-state index contributed by atoms with van der Waals surface area (Å²) in [6.07, 6.45) is -1.19. The van der Waals surface area contributed by atoms with Crippen LogP contribution in [-0.4, -0.2) is 50.4 Å². The van der Waals surface area contributed by atoms with Crippen molar-refractivity contribution in [3.8, 4) is 0 Å². The first-order valence-electron chi connectivity index (χ1n) is 8.75. The number of alkyl halides is 3. The number of carbonyl (C=O) groups is 2. The van der Waals surface area contributed by atoms with Gasteiger partial charge in [0.05, 0.1) is 6.04 Å². The Morgan fingerprint density at radius 2 is 2.10 bits per heavy atom. The van der Waals surface area contributed by atoms with E-state index >= 15 is 0 Å². The number of carboxylic acid groups (broad SMARTS) is 1. The van der Waals surface area contributed by atoms with Crippen LogP contribution in [0.3, 0.4) is 0 Å². The summed E-state index contributed by atoms with van der Waals surface area (Å²) in [6, 6.07) is 3.91. The molecule has 3 atom stereocenters. The Balaban J connectivity index is 0.000000318. The Bertz CT molecular complexity index is 940. The summed E-state index contributed by atoms with van der Waals surface area (Å²) < 4.78 is 37.7. The number of aromatic nitrogens is 3. The van der Waals surface area contributed by atoms with Gasteiger partial charge in [0.15, 0.2) is 0 Å². The number of nitrogens with zero attached hydrogens (tertiary/aromatic N) is 3. The van der Waals surface area contributed by atoms with E-state index in [2.05, 4.69) is 41.7 Å². The van der Waals surface area contributed by atoms with Crippen molar-refractivity contribution in [3.05, 3.63) is 34.6 Å². The monoisotopic (exact) mass is 491 g/mol. The van der Waals surface area contributed by atoms with E-state index in [1.807, 2.05) is 19.1 Å². The van der Waals surface area contributed by atoms with Crippen LogP contribution in [0.15, 0.2) is 27.5 Å². The van der Waals surface area contributed by atoms with Crippen molar-refractivity contribution in [3.63, 3.8) is 0 Å². The summed E-state index contributed by atoms with van der Waals surface area (Å²) in [5.41, 5.74) is 1.01. The van der Waals surface area contributed by atoms with Crippen LogP contribution in [-0.2, 0) is 16.0 Å². The molecule has 2 aromatic heterocycles. The lowest BCUT2D eigenvalue weighted by molar-refractivity contribution is -0.192. The molecule has 1 aliphatic carbocycles. The first kappa shape index (κ1) is 22.2. The molecule has 162 valence electrons. The Morgan fingerprint density at radius 3 is 2.70 bits per heavy atom. The van der Waals surface area contributed by atoms with Crippen LogP contribution in [0.25, 0.3) is 0 Å². The number of piperidine rings is 1. The molecule has 4 rings (SSSR count). The van der Waals surface area contributed by atoms with Crippen molar-refractivity contribution < 1.29 is 32.3 Å². The number of fused-ring (bicyclic) bond motifs is 1. The van der Waals surface area contributed by atoms with Crippen molar-refractivity contribution >= 4 is 33.6 Å². The highest BCUT2D eigenvalue weighted by Gasteiger charge is 2.61. The molecule has 3 N–H and O–H groups in total. The summed E-state index contributed by atoms with van der Waals surface area (Å²) in [6.45, 7) is 1.92. The molecule has 2 aliphatic rings. The lowest BCUT2D eigenvalue weighted by Gasteiger charge is -2.16. The SMILES string of the molecule is Cc1ccc(Br)nc1NC(=O)[C@@H]1C[C@@]2(Cc3nnco3)C[C@H]2N1.O=C(O)C(F)(F)F. The molecular weight excluding hydrogens is 475 g/mol. The normalized spacial score (nSPS) is 24.4. The minimum Gasteiger partial charge on any atom is -0.475 e. The summed E-state index contributed by atoms with van der Waals surface area (Å²) in [4.78, 5) is 25.7. The van der Waals surface area contributed by atoms with Crippen molar-refractivity contribution in [1.29, 1.82) is 0 Å². The number of rotatable bonds is 4. The van der Waals surface area contributed by atoms with E-state index in [-0.39, 0.29) is 17.4 Å². The first-order valence-corrected chi connectivity index (χ1v) is 9.55. The molecule has 3 heterocycles. The highest BCUT2D eigenvalue weighted by atomic mass is 79.9. The third-order valence-electron chi connectivity index (χ3n) is 4.97. The predicted molar refractivity (Wildman–Crippen MR) is 99.4 cm³/mol. The quantitative estimate of drug-likeness (QED) is 0.556. The number of hydrogen-bond donors (Lipinski definition) is 3. The summed E-state index contributed by atoms with van der Waals surface area (Å²) in [5, 5.41) is 21.1. The molecule has 0 spiro atoms. The Morgan fingerprint density at radius 1 is 1.40 bits per heavy atom. The molecule has 1 amide bonds. The second-order valence-electron chi connectivity index (χ2n) is 7.14. The van der Waals surface area contributed by atoms with Gasteiger partial charge in [0.2, 0.25) is 18.2 Å². The van der Waals surface area contributed by atoms with Crippen LogP contribution in [0.2, 0.25) is 0 Å². The maximum atomic E-state index is 12.5. The van der Waals surface area contributed by atoms with Crippen LogP contribution in [0.1, 0.15) is 24.3 Å². The Kier molecular flexibility index (Phi) is 6.13. The predicted octanol–water partition coefficient (Wildman–Crippen LogP) is 2.47. The molecule has 2 fully saturated rings. The molecule has 0 aromatic carbocycles. The van der Waals surface area contributed by atoms with E-state index in [1.54, 1.807) is 0 Å². The van der Waals surface area contributed by atoms with Crippen molar-refractivity contribution in [1.82, 2.24) is 20.5 Å². The molecule has 2 aromatic rings. The van der Waals surface area contributed by atoms with Crippen LogP contribution < -0.4 is 10.6 Å². The van der Waals surface area contributed by atoms with Crippen LogP contribution in [0, 0.1) is 12.3 Å². The van der Waals surface area contributed by atoms with Crippen LogP contribution in [0.4, 0.5) is 19.0 Å². The van der Waals surface area contributed by atoms with E-state index in [4.69, 9.17) is 14.3 Å². The minimum absolute atomic E-state index is 0.0456. The zero-order chi connectivity index (χ0) is 22.1. The number of halogens is 4. The molecule has 1 aliphatic heterocycles. The molecule has 0 radical (unpaired) electrons. The molecule has 13 heteroatoms. The number of nitrogens with one attached hydrogen (secondary N) is 2. The second kappa shape index (κ2) is 8.30. The lowest BCUT2D eigenvalue weighted by atomic mass is 9.95. The fourth-order valence-corrected chi connectivity index (χ4v) is 3.67. The average Bonchev–Trinajstić information content (AvgIpc) is 2.99. The van der Waals surface area contributed by atoms with E-state index in [0.717, 1.165) is 24.8 Å². The number of pyridine rings is 1. The van der Waals surface area contributed by atoms with Gasteiger partial charge >= 0.3 is 12.1 Å². The third-order valence-corrected chi connectivity index (χ3v) is 5.42. The zero-order valence-electron chi connectivity index (χ0n) is 15.5. The summed E-state index contributed by atoms with van der Waals surface area (Å²) in [5.74, 6) is -1.57. The number of amides is 1. The van der Waals surface area contributed by atoms with Crippen molar-refractivity contribution in [2.75, 3.05) is 5.32 Å². The van der Waals surface area contributed by atoms with Gasteiger partial charge in [0, 0.05) is 12.5 Å². The lowest BCUT2D eigenvalue weighted by Crippen LogP contribution is -2.38. The van der Waals surface area contributed by atoms with Gasteiger partial charge in [-0.3, -0.25) is 4.79 Å². The molecule has 0 unspecified atom stereocenters. The Labute approximate surface area is 176 Å². The van der Waals surface area contributed by atoms with E-state index in [9.17, 15) is 18.0 Å². The number of carbonyl (C=O) groups excluding carboxylic acids is 1. The maximum Gasteiger partial charge on any atom is 0.490 e. The molecule has 1 saturated heterocycles. The number of hydrogen-bond acceptors (Lipinski definition) is 7. The molecule has 9 nitrogen and oxygen atoms in total. The number of aryl methyl sites for hydroxylation is 1. The maximum absolute atomic E-state index is 12.5. The van der Waals surface area contributed by atoms with Gasteiger partial charge in [-0.2, -0.15) is 13.2 Å². The van der Waals surface area contributed by atoms with Crippen molar-refractivity contribution in [2.45, 2.75) is 44.4 Å². The van der Waals surface area contributed by atoms with Gasteiger partial charge in [0.1, 0.15) is 10.4 Å². The molecule has 0 bridgehead atoms. The topological polar surface area (TPSA) is 130 Å². The average molecular weight is 492 g/mol.